The third-order valence-electron chi connectivity index (χ3n) is 4.20. The van der Waals surface area contributed by atoms with Gasteiger partial charge in [0, 0.05) is 11.5 Å². The standard InChI is InChI=1S/C17H13N2O11S3/c1-30-10-2-5-13(14(8-10)32(24,25)26)18-19-16-15(33(27,28)29)7-9-6-11(31(21,22)23)3-4-12(9)17(16)20/h2-3,5-8,20H,1H3,(H,21,22,23)(H,24,25,26)(H,27,28,29). The second kappa shape index (κ2) is 8.32. The van der Waals surface area contributed by atoms with E-state index in [4.69, 9.17) is 9.29 Å². The van der Waals surface area contributed by atoms with Crippen molar-refractivity contribution in [3.63, 3.8) is 0 Å². The Balaban J connectivity index is 2.30. The van der Waals surface area contributed by atoms with Gasteiger partial charge in [-0.2, -0.15) is 25.3 Å². The highest BCUT2D eigenvalue weighted by Gasteiger charge is 2.24. The lowest BCUT2D eigenvalue weighted by molar-refractivity contribution is 0.412. The fourth-order valence-electron chi connectivity index (χ4n) is 2.71. The Kier molecular flexibility index (Phi) is 6.18. The van der Waals surface area contributed by atoms with Crippen LogP contribution in [0.3, 0.4) is 0 Å². The first kappa shape index (κ1) is 24.5. The minimum atomic E-state index is -5.08. The lowest BCUT2D eigenvalue weighted by atomic mass is 10.1. The summed E-state index contributed by atoms with van der Waals surface area (Å²) in [5, 5.41) is 17.1. The first-order valence-electron chi connectivity index (χ1n) is 8.36. The fraction of sp³-hybridized carbons (Fsp3) is 0.0588. The average Bonchev–Trinajstić information content (AvgIpc) is 2.70. The number of azo groups is 1. The quantitative estimate of drug-likeness (QED) is 0.275. The Hall–Kier alpha value is -3.15. The molecular formula is C17H13N2O11S3. The minimum absolute atomic E-state index is 0.0398. The molecule has 175 valence electrons. The number of methoxy groups -OCH3 is 1. The Morgan fingerprint density at radius 2 is 1.48 bits per heavy atom. The molecule has 16 heteroatoms. The van der Waals surface area contributed by atoms with Crippen molar-refractivity contribution in [2.75, 3.05) is 7.11 Å². The Bertz CT molecular complexity index is 1630. The maximum atomic E-state index is 11.9. The Morgan fingerprint density at radius 1 is 0.848 bits per heavy atom. The van der Waals surface area contributed by atoms with Crippen molar-refractivity contribution in [1.29, 1.82) is 0 Å². The average molecular weight is 517 g/mol. The fourth-order valence-corrected chi connectivity index (χ4v) is 4.49. The molecule has 0 bridgehead atoms. The van der Waals surface area contributed by atoms with Gasteiger partial charge in [0.05, 0.1) is 12.0 Å². The highest BCUT2D eigenvalue weighted by molar-refractivity contribution is 7.86. The molecule has 0 amide bonds. The third-order valence-corrected chi connectivity index (χ3v) is 6.79. The van der Waals surface area contributed by atoms with Crippen molar-refractivity contribution in [2.45, 2.75) is 14.7 Å². The molecule has 33 heavy (non-hydrogen) atoms. The second-order valence-electron chi connectivity index (χ2n) is 6.33. The second-order valence-corrected chi connectivity index (χ2v) is 10.5. The van der Waals surface area contributed by atoms with E-state index < -0.39 is 62.2 Å². The molecule has 0 spiro atoms. The summed E-state index contributed by atoms with van der Waals surface area (Å²) >= 11 is 0. The van der Waals surface area contributed by atoms with Crippen LogP contribution in [0.2, 0.25) is 0 Å². The topological polar surface area (TPSA) is 217 Å². The molecule has 1 radical (unpaired) electrons. The number of benzene rings is 3. The van der Waals surface area contributed by atoms with Crippen molar-refractivity contribution in [3.05, 3.63) is 42.5 Å². The van der Waals surface area contributed by atoms with Crippen LogP contribution in [0, 0.1) is 6.07 Å². The minimum Gasteiger partial charge on any atom is -0.505 e. The monoisotopic (exact) mass is 517 g/mol. The molecular weight excluding hydrogens is 504 g/mol. The van der Waals surface area contributed by atoms with Gasteiger partial charge in [-0.3, -0.25) is 13.7 Å². The molecule has 0 saturated heterocycles. The van der Waals surface area contributed by atoms with Crippen LogP contribution >= 0.6 is 0 Å². The van der Waals surface area contributed by atoms with Crippen LogP contribution in [-0.4, -0.2) is 51.1 Å². The number of rotatable bonds is 6. The van der Waals surface area contributed by atoms with E-state index in [0.29, 0.717) is 0 Å². The molecule has 0 aliphatic carbocycles. The van der Waals surface area contributed by atoms with E-state index in [1.54, 1.807) is 0 Å². The van der Waals surface area contributed by atoms with Gasteiger partial charge in [0.1, 0.15) is 26.9 Å². The number of hydrogen-bond donors (Lipinski definition) is 4. The van der Waals surface area contributed by atoms with Gasteiger partial charge >= 0.3 is 0 Å². The number of ether oxygens (including phenoxy) is 1. The zero-order chi connectivity index (χ0) is 24.8. The van der Waals surface area contributed by atoms with E-state index in [1.165, 1.54) is 13.2 Å². The predicted octanol–water partition coefficient (Wildman–Crippen LogP) is 2.51. The molecule has 0 aliphatic rings. The van der Waals surface area contributed by atoms with E-state index in [-0.39, 0.29) is 16.5 Å². The molecule has 0 fully saturated rings. The summed E-state index contributed by atoms with van der Waals surface area (Å²) < 4.78 is 103. The molecule has 0 aliphatic heterocycles. The van der Waals surface area contributed by atoms with E-state index in [9.17, 15) is 39.5 Å². The number of hydrogen-bond acceptors (Lipinski definition) is 10. The number of aromatic hydroxyl groups is 1. The summed E-state index contributed by atoms with van der Waals surface area (Å²) in [6.45, 7) is 0. The maximum Gasteiger partial charge on any atom is 0.296 e. The van der Waals surface area contributed by atoms with Crippen molar-refractivity contribution >= 4 is 52.5 Å². The van der Waals surface area contributed by atoms with Crippen LogP contribution in [0.15, 0.2) is 61.3 Å². The van der Waals surface area contributed by atoms with Gasteiger partial charge in [0.15, 0.2) is 5.75 Å². The normalized spacial score (nSPS) is 13.0. The smallest absolute Gasteiger partial charge is 0.296 e. The van der Waals surface area contributed by atoms with Crippen LogP contribution in [-0.2, 0) is 30.4 Å². The SMILES string of the molecule is COc1ccc(N=Nc2c(S(=O)(=O)O)cc3cc(S(=O)(=O)O)c[c]c3c2O)c(S(=O)(=O)O)c1. The number of phenols is 1. The lowest BCUT2D eigenvalue weighted by Crippen LogP contribution is -2.01. The van der Waals surface area contributed by atoms with Gasteiger partial charge in [-0.05, 0) is 41.8 Å². The number of fused-ring (bicyclic) bond motifs is 1. The zero-order valence-corrected chi connectivity index (χ0v) is 18.7. The highest BCUT2D eigenvalue weighted by Crippen LogP contribution is 2.42. The molecule has 3 aromatic carbocycles. The third kappa shape index (κ3) is 5.10. The molecule has 0 heterocycles. The van der Waals surface area contributed by atoms with E-state index >= 15 is 0 Å². The maximum absolute atomic E-state index is 11.9. The van der Waals surface area contributed by atoms with Crippen molar-refractivity contribution in [2.24, 2.45) is 10.2 Å². The van der Waals surface area contributed by atoms with Crippen LogP contribution in [0.1, 0.15) is 0 Å². The molecule has 0 unspecified atom stereocenters. The molecule has 4 N–H and O–H groups in total. The summed E-state index contributed by atoms with van der Waals surface area (Å²) in [6, 6.07) is 7.94. The molecule has 3 aromatic rings. The Morgan fingerprint density at radius 3 is 2.03 bits per heavy atom. The molecule has 13 nitrogen and oxygen atoms in total. The summed E-state index contributed by atoms with van der Waals surface area (Å²) in [7, 11) is -13.4. The molecule has 3 rings (SSSR count). The molecule has 0 aromatic heterocycles. The van der Waals surface area contributed by atoms with Crippen LogP contribution in [0.4, 0.5) is 11.4 Å². The summed E-state index contributed by atoms with van der Waals surface area (Å²) in [5.41, 5.74) is -1.30. The molecule has 0 atom stereocenters. The van der Waals surface area contributed by atoms with Gasteiger partial charge < -0.3 is 9.84 Å². The first-order chi connectivity index (χ1) is 15.1. The van der Waals surface area contributed by atoms with E-state index in [2.05, 4.69) is 16.3 Å². The summed E-state index contributed by atoms with van der Waals surface area (Å²) in [5.74, 6) is -0.870. The molecule has 0 saturated carbocycles. The van der Waals surface area contributed by atoms with Gasteiger partial charge in [-0.15, -0.1) is 10.2 Å². The van der Waals surface area contributed by atoms with Crippen LogP contribution in [0.5, 0.6) is 11.5 Å². The van der Waals surface area contributed by atoms with Gasteiger partial charge in [0.2, 0.25) is 0 Å². The van der Waals surface area contributed by atoms with Crippen molar-refractivity contribution in [1.82, 2.24) is 0 Å². The predicted molar refractivity (Wildman–Crippen MR) is 111 cm³/mol. The largest absolute Gasteiger partial charge is 0.505 e. The van der Waals surface area contributed by atoms with Crippen LogP contribution < -0.4 is 4.74 Å². The van der Waals surface area contributed by atoms with E-state index in [1.807, 2.05) is 0 Å². The summed E-state index contributed by atoms with van der Waals surface area (Å²) in [4.78, 5) is -2.43. The zero-order valence-electron chi connectivity index (χ0n) is 16.2. The van der Waals surface area contributed by atoms with Crippen molar-refractivity contribution in [3.8, 4) is 11.5 Å². The van der Waals surface area contributed by atoms with Gasteiger partial charge in [-0.25, -0.2) is 0 Å². The lowest BCUT2D eigenvalue weighted by Gasteiger charge is -2.10. The number of nitrogens with zero attached hydrogens (tertiary/aromatic N) is 2. The highest BCUT2D eigenvalue weighted by atomic mass is 32.2. The van der Waals surface area contributed by atoms with Crippen LogP contribution in [0.25, 0.3) is 10.8 Å². The van der Waals surface area contributed by atoms with E-state index in [0.717, 1.165) is 30.3 Å². The number of phenolic OH excluding ortho intramolecular Hbond substituents is 1. The van der Waals surface area contributed by atoms with Gasteiger partial charge in [0.25, 0.3) is 30.4 Å². The first-order valence-corrected chi connectivity index (χ1v) is 12.7. The summed E-state index contributed by atoms with van der Waals surface area (Å²) in [6.07, 6.45) is 0. The van der Waals surface area contributed by atoms with Gasteiger partial charge in [-0.1, -0.05) is 0 Å². The Labute approximate surface area is 187 Å². The van der Waals surface area contributed by atoms with Crippen molar-refractivity contribution < 1.29 is 48.8 Å².